The average Bonchev–Trinajstić information content (AvgIpc) is 3.20. The molecule has 1 aromatic carbocycles. The fraction of sp³-hybridized carbons (Fsp3) is 0.400. The minimum absolute atomic E-state index is 0.0517. The smallest absolute Gasteiger partial charge is 0.328 e. The first-order valence-corrected chi connectivity index (χ1v) is 10.1. The van der Waals surface area contributed by atoms with Gasteiger partial charge in [-0.05, 0) is 31.0 Å². The molecule has 0 radical (unpaired) electrons. The number of carboxylic acids is 1. The predicted octanol–water partition coefficient (Wildman–Crippen LogP) is 1.15. The van der Waals surface area contributed by atoms with E-state index in [1.807, 2.05) is 0 Å². The van der Waals surface area contributed by atoms with Crippen LogP contribution in [0.15, 0.2) is 23.1 Å². The largest absolute Gasteiger partial charge is 0.480 e. The molecule has 0 aromatic heterocycles. The second-order valence-electron chi connectivity index (χ2n) is 6.13. The third kappa shape index (κ3) is 3.62. The molecule has 9 nitrogen and oxygen atoms in total. The van der Waals surface area contributed by atoms with Crippen LogP contribution in [0.3, 0.4) is 0 Å². The molecule has 27 heavy (non-hydrogen) atoms. The molecule has 12 heteroatoms. The van der Waals surface area contributed by atoms with E-state index < -0.39 is 40.0 Å². The van der Waals surface area contributed by atoms with Crippen molar-refractivity contribution in [2.24, 2.45) is 0 Å². The van der Waals surface area contributed by atoms with E-state index in [9.17, 15) is 27.9 Å². The lowest BCUT2D eigenvalue weighted by Gasteiger charge is -2.27. The van der Waals surface area contributed by atoms with Gasteiger partial charge in [-0.3, -0.25) is 4.79 Å². The van der Waals surface area contributed by atoms with Gasteiger partial charge in [-0.1, -0.05) is 23.2 Å². The number of benzene rings is 1. The zero-order valence-corrected chi connectivity index (χ0v) is 16.1. The lowest BCUT2D eigenvalue weighted by molar-refractivity contribution is -0.147. The number of sulfonamides is 1. The Morgan fingerprint density at radius 1 is 1.15 bits per heavy atom. The van der Waals surface area contributed by atoms with Gasteiger partial charge in [0.15, 0.2) is 6.04 Å². The average molecular weight is 436 g/mol. The second kappa shape index (κ2) is 7.27. The summed E-state index contributed by atoms with van der Waals surface area (Å²) in [5.41, 5.74) is 0. The number of carboxylic acid groups (broad SMARTS) is 1. The van der Waals surface area contributed by atoms with Gasteiger partial charge in [-0.2, -0.15) is 4.31 Å². The van der Waals surface area contributed by atoms with Crippen molar-refractivity contribution in [3.63, 3.8) is 0 Å². The minimum atomic E-state index is -4.12. The topological polar surface area (TPSA) is 124 Å². The van der Waals surface area contributed by atoms with E-state index in [2.05, 4.69) is 5.32 Å². The Bertz CT molecular complexity index is 902. The van der Waals surface area contributed by atoms with E-state index in [0.29, 0.717) is 11.3 Å². The highest BCUT2D eigenvalue weighted by atomic mass is 35.5. The molecule has 2 aliphatic heterocycles. The number of carbonyl (C=O) groups is 3. The molecule has 0 bridgehead atoms. The highest BCUT2D eigenvalue weighted by Crippen LogP contribution is 2.31. The van der Waals surface area contributed by atoms with Gasteiger partial charge in [0.1, 0.15) is 6.04 Å². The van der Waals surface area contributed by atoms with Gasteiger partial charge in [0, 0.05) is 16.6 Å². The Morgan fingerprint density at radius 3 is 2.37 bits per heavy atom. The summed E-state index contributed by atoms with van der Waals surface area (Å²) in [4.78, 5) is 36.5. The number of imide groups is 1. The first-order chi connectivity index (χ1) is 12.6. The van der Waals surface area contributed by atoms with Gasteiger partial charge < -0.3 is 10.4 Å². The number of amides is 3. The standard InChI is InChI=1S/C15H15Cl2N3O6S/c16-8-4-9(17)6-10(5-8)27(25,26)19-3-1-2-11(19)13(21)20-12(14(22)23)7-18-15(20)24/h4-6,11-12H,1-3,7H2,(H,18,24)(H,22,23)/t11-,12-/m0/s1. The number of halogens is 2. The highest BCUT2D eigenvalue weighted by Gasteiger charge is 2.48. The zero-order chi connectivity index (χ0) is 19.9. The van der Waals surface area contributed by atoms with E-state index in [-0.39, 0.29) is 34.5 Å². The molecule has 2 aliphatic rings. The van der Waals surface area contributed by atoms with Crippen molar-refractivity contribution in [1.82, 2.24) is 14.5 Å². The maximum Gasteiger partial charge on any atom is 0.328 e. The van der Waals surface area contributed by atoms with Gasteiger partial charge in [-0.15, -0.1) is 0 Å². The summed E-state index contributed by atoms with van der Waals surface area (Å²) in [6.45, 7) is -0.181. The molecular formula is C15H15Cl2N3O6S. The van der Waals surface area contributed by atoms with E-state index in [1.54, 1.807) is 0 Å². The molecule has 3 rings (SSSR count). The molecule has 1 aromatic rings. The number of urea groups is 1. The Hall–Kier alpha value is -1.88. The number of aliphatic carboxylic acids is 1. The fourth-order valence-electron chi connectivity index (χ4n) is 3.20. The SMILES string of the molecule is O=C(O)[C@@H]1CNC(=O)N1C(=O)[C@@H]1CCCN1S(=O)(=O)c1cc(Cl)cc(Cl)c1. The number of nitrogens with one attached hydrogen (secondary N) is 1. The summed E-state index contributed by atoms with van der Waals surface area (Å²) in [6, 6.07) is 0.383. The molecule has 146 valence electrons. The van der Waals surface area contributed by atoms with E-state index in [4.69, 9.17) is 23.2 Å². The van der Waals surface area contributed by atoms with Crippen LogP contribution in [0.4, 0.5) is 4.79 Å². The van der Waals surface area contributed by atoms with E-state index in [0.717, 1.165) is 4.31 Å². The van der Waals surface area contributed by atoms with Gasteiger partial charge in [0.2, 0.25) is 15.9 Å². The Labute approximate surface area is 164 Å². The van der Waals surface area contributed by atoms with Crippen molar-refractivity contribution in [1.29, 1.82) is 0 Å². The third-order valence-electron chi connectivity index (χ3n) is 4.43. The van der Waals surface area contributed by atoms with Crippen molar-refractivity contribution >= 4 is 51.1 Å². The third-order valence-corrected chi connectivity index (χ3v) is 6.75. The summed E-state index contributed by atoms with van der Waals surface area (Å²) in [5.74, 6) is -2.22. The van der Waals surface area contributed by atoms with Crippen LogP contribution in [-0.2, 0) is 19.6 Å². The Balaban J connectivity index is 1.94. The summed E-state index contributed by atoms with van der Waals surface area (Å²) in [6.07, 6.45) is 0.555. The first kappa shape index (κ1) is 19.9. The normalized spacial score (nSPS) is 23.5. The van der Waals surface area contributed by atoms with E-state index >= 15 is 0 Å². The Kier molecular flexibility index (Phi) is 5.35. The summed E-state index contributed by atoms with van der Waals surface area (Å²) in [7, 11) is -4.12. The number of rotatable bonds is 4. The Morgan fingerprint density at radius 2 is 1.78 bits per heavy atom. The maximum absolute atomic E-state index is 13.0. The number of hydrogen-bond donors (Lipinski definition) is 2. The van der Waals surface area contributed by atoms with Crippen LogP contribution in [0, 0.1) is 0 Å². The van der Waals surface area contributed by atoms with Gasteiger partial charge in [0.25, 0.3) is 0 Å². The van der Waals surface area contributed by atoms with Crippen LogP contribution < -0.4 is 5.32 Å². The zero-order valence-electron chi connectivity index (χ0n) is 13.8. The summed E-state index contributed by atoms with van der Waals surface area (Å²) < 4.78 is 26.9. The summed E-state index contributed by atoms with van der Waals surface area (Å²) >= 11 is 11.8. The van der Waals surface area contributed by atoms with Crippen molar-refractivity contribution in [3.8, 4) is 0 Å². The molecule has 2 N–H and O–H groups in total. The minimum Gasteiger partial charge on any atom is -0.480 e. The molecule has 0 aliphatic carbocycles. The molecular weight excluding hydrogens is 421 g/mol. The number of hydrogen-bond acceptors (Lipinski definition) is 5. The summed E-state index contributed by atoms with van der Waals surface area (Å²) in [5, 5.41) is 11.7. The quantitative estimate of drug-likeness (QED) is 0.730. The van der Waals surface area contributed by atoms with Crippen molar-refractivity contribution in [3.05, 3.63) is 28.2 Å². The van der Waals surface area contributed by atoms with Crippen LogP contribution in [0.25, 0.3) is 0 Å². The van der Waals surface area contributed by atoms with Crippen LogP contribution >= 0.6 is 23.2 Å². The van der Waals surface area contributed by atoms with Crippen molar-refractivity contribution in [2.45, 2.75) is 29.8 Å². The molecule has 3 amide bonds. The molecule has 0 unspecified atom stereocenters. The van der Waals surface area contributed by atoms with E-state index in [1.165, 1.54) is 18.2 Å². The van der Waals surface area contributed by atoms with Gasteiger partial charge in [0.05, 0.1) is 11.4 Å². The highest BCUT2D eigenvalue weighted by molar-refractivity contribution is 7.89. The first-order valence-electron chi connectivity index (χ1n) is 7.94. The molecule has 0 spiro atoms. The molecule has 2 heterocycles. The lowest BCUT2D eigenvalue weighted by atomic mass is 10.2. The molecule has 2 saturated heterocycles. The van der Waals surface area contributed by atoms with Gasteiger partial charge in [-0.25, -0.2) is 22.9 Å². The van der Waals surface area contributed by atoms with Crippen LogP contribution in [-0.4, -0.2) is 65.8 Å². The lowest BCUT2D eigenvalue weighted by Crippen LogP contribution is -2.52. The molecule has 2 atom stereocenters. The predicted molar refractivity (Wildman–Crippen MR) is 95.0 cm³/mol. The van der Waals surface area contributed by atoms with Crippen LogP contribution in [0.1, 0.15) is 12.8 Å². The number of carbonyl (C=O) groups excluding carboxylic acids is 2. The van der Waals surface area contributed by atoms with Gasteiger partial charge >= 0.3 is 12.0 Å². The van der Waals surface area contributed by atoms with Crippen LogP contribution in [0.2, 0.25) is 10.0 Å². The second-order valence-corrected chi connectivity index (χ2v) is 8.89. The fourth-order valence-corrected chi connectivity index (χ4v) is 5.58. The monoisotopic (exact) mass is 435 g/mol. The van der Waals surface area contributed by atoms with Crippen LogP contribution in [0.5, 0.6) is 0 Å². The van der Waals surface area contributed by atoms with Crippen molar-refractivity contribution in [2.75, 3.05) is 13.1 Å². The maximum atomic E-state index is 13.0. The molecule has 2 fully saturated rings. The van der Waals surface area contributed by atoms with Crippen molar-refractivity contribution < 1.29 is 27.9 Å². The number of nitrogens with zero attached hydrogens (tertiary/aromatic N) is 2. The molecule has 0 saturated carbocycles.